The lowest BCUT2D eigenvalue weighted by Crippen LogP contribution is -2.22. The molecule has 0 heterocycles. The number of sulfone groups is 1. The van der Waals surface area contributed by atoms with Crippen molar-refractivity contribution in [2.75, 3.05) is 18.6 Å². The Kier molecular flexibility index (Phi) is 6.01. The Balaban J connectivity index is 2.76. The Labute approximate surface area is 117 Å². The molecule has 1 atom stereocenters. The molecular formula is C15H25NO2S. The zero-order chi connectivity index (χ0) is 14.5. The van der Waals surface area contributed by atoms with E-state index in [1.54, 1.807) is 0 Å². The molecule has 1 aromatic rings. The van der Waals surface area contributed by atoms with Crippen LogP contribution in [0.3, 0.4) is 0 Å². The summed E-state index contributed by atoms with van der Waals surface area (Å²) in [6.45, 7) is 7.16. The molecule has 0 radical (unpaired) electrons. The summed E-state index contributed by atoms with van der Waals surface area (Å²) in [5, 5.41) is 3.45. The highest BCUT2D eigenvalue weighted by molar-refractivity contribution is 7.90. The van der Waals surface area contributed by atoms with E-state index in [4.69, 9.17) is 0 Å². The van der Waals surface area contributed by atoms with Crippen LogP contribution in [0.15, 0.2) is 18.2 Å². The van der Waals surface area contributed by atoms with Crippen molar-refractivity contribution >= 4 is 9.84 Å². The van der Waals surface area contributed by atoms with E-state index in [1.807, 2.05) is 0 Å². The molecule has 0 aliphatic rings. The molecule has 0 spiro atoms. The Morgan fingerprint density at radius 3 is 2.47 bits per heavy atom. The minimum atomic E-state index is -2.86. The fraction of sp³-hybridized carbons (Fsp3) is 0.600. The van der Waals surface area contributed by atoms with Gasteiger partial charge in [-0.25, -0.2) is 8.42 Å². The van der Waals surface area contributed by atoms with Crippen molar-refractivity contribution in [2.45, 2.75) is 39.7 Å². The first-order valence-corrected chi connectivity index (χ1v) is 8.88. The molecule has 1 N–H and O–H groups in total. The van der Waals surface area contributed by atoms with Gasteiger partial charge in [0.15, 0.2) is 0 Å². The molecule has 1 rings (SSSR count). The predicted molar refractivity (Wildman–Crippen MR) is 81.3 cm³/mol. The second kappa shape index (κ2) is 7.06. The number of benzene rings is 1. The highest BCUT2D eigenvalue weighted by Gasteiger charge is 2.13. The number of rotatable bonds is 7. The molecule has 0 saturated heterocycles. The summed E-state index contributed by atoms with van der Waals surface area (Å²) in [7, 11) is -2.86. The van der Waals surface area contributed by atoms with Gasteiger partial charge in [-0.3, -0.25) is 0 Å². The number of hydrogen-bond donors (Lipinski definition) is 1. The fourth-order valence-corrected chi connectivity index (χ4v) is 3.07. The number of nitrogens with one attached hydrogen (secondary N) is 1. The second-order valence-electron chi connectivity index (χ2n) is 5.24. The molecule has 0 aliphatic carbocycles. The van der Waals surface area contributed by atoms with Gasteiger partial charge >= 0.3 is 0 Å². The number of hydrogen-bond acceptors (Lipinski definition) is 3. The molecule has 19 heavy (non-hydrogen) atoms. The molecular weight excluding hydrogens is 258 g/mol. The third-order valence-electron chi connectivity index (χ3n) is 3.26. The molecule has 0 bridgehead atoms. The van der Waals surface area contributed by atoms with Crippen molar-refractivity contribution in [3.8, 4) is 0 Å². The van der Waals surface area contributed by atoms with Crippen molar-refractivity contribution in [3.05, 3.63) is 34.9 Å². The lowest BCUT2D eigenvalue weighted by atomic mass is 9.96. The topological polar surface area (TPSA) is 46.2 Å². The van der Waals surface area contributed by atoms with Crippen molar-refractivity contribution in [2.24, 2.45) is 0 Å². The van der Waals surface area contributed by atoms with Crippen LogP contribution in [-0.4, -0.2) is 27.0 Å². The lowest BCUT2D eigenvalue weighted by molar-refractivity contribution is 0.505. The maximum atomic E-state index is 11.2. The third kappa shape index (κ3) is 5.74. The molecule has 1 unspecified atom stereocenters. The molecule has 0 aromatic heterocycles. The highest BCUT2D eigenvalue weighted by Crippen LogP contribution is 2.23. The summed E-state index contributed by atoms with van der Waals surface area (Å²) in [6.07, 6.45) is 2.85. The third-order valence-corrected chi connectivity index (χ3v) is 4.29. The van der Waals surface area contributed by atoms with Crippen LogP contribution in [0.4, 0.5) is 0 Å². The maximum Gasteiger partial charge on any atom is 0.147 e. The minimum absolute atomic E-state index is 0.243. The molecule has 0 amide bonds. The Morgan fingerprint density at radius 2 is 1.95 bits per heavy atom. The van der Waals surface area contributed by atoms with Crippen LogP contribution in [0.1, 0.15) is 42.5 Å². The number of aryl methyl sites for hydroxylation is 2. The fourth-order valence-electron chi connectivity index (χ4n) is 2.38. The maximum absolute atomic E-state index is 11.2. The van der Waals surface area contributed by atoms with E-state index >= 15 is 0 Å². The van der Waals surface area contributed by atoms with Crippen LogP contribution < -0.4 is 5.32 Å². The summed E-state index contributed by atoms with van der Waals surface area (Å²) in [5.74, 6) is 0.264. The smallest absolute Gasteiger partial charge is 0.147 e. The van der Waals surface area contributed by atoms with Gasteiger partial charge in [0.25, 0.3) is 0 Å². The first kappa shape index (κ1) is 16.2. The van der Waals surface area contributed by atoms with Gasteiger partial charge in [0.2, 0.25) is 0 Å². The molecule has 0 saturated carbocycles. The van der Waals surface area contributed by atoms with Crippen molar-refractivity contribution in [3.63, 3.8) is 0 Å². The average Bonchev–Trinajstić information content (AvgIpc) is 2.26. The van der Waals surface area contributed by atoms with Crippen LogP contribution >= 0.6 is 0 Å². The van der Waals surface area contributed by atoms with E-state index in [1.165, 1.54) is 22.9 Å². The van der Waals surface area contributed by atoms with Gasteiger partial charge in [-0.2, -0.15) is 0 Å². The lowest BCUT2D eigenvalue weighted by Gasteiger charge is -2.20. The molecule has 4 heteroatoms. The SMILES string of the molecule is CCNC(CCCS(C)(=O)=O)c1ccc(C)cc1C. The Morgan fingerprint density at radius 1 is 1.26 bits per heavy atom. The molecule has 0 aliphatic heterocycles. The zero-order valence-electron chi connectivity index (χ0n) is 12.4. The van der Waals surface area contributed by atoms with Gasteiger partial charge in [-0.15, -0.1) is 0 Å². The van der Waals surface area contributed by atoms with Gasteiger partial charge in [0.1, 0.15) is 9.84 Å². The average molecular weight is 283 g/mol. The van der Waals surface area contributed by atoms with Gasteiger partial charge < -0.3 is 5.32 Å². The molecule has 0 fully saturated rings. The molecule has 108 valence electrons. The van der Waals surface area contributed by atoms with Crippen LogP contribution in [0.2, 0.25) is 0 Å². The summed E-state index contributed by atoms with van der Waals surface area (Å²) >= 11 is 0. The van der Waals surface area contributed by atoms with Crippen molar-refractivity contribution in [1.82, 2.24) is 5.32 Å². The predicted octanol–water partition coefficient (Wildman–Crippen LogP) is 2.78. The van der Waals surface area contributed by atoms with Gasteiger partial charge in [0, 0.05) is 18.1 Å². The summed E-state index contributed by atoms with van der Waals surface area (Å²) in [6, 6.07) is 6.69. The first-order chi connectivity index (χ1) is 8.83. The van der Waals surface area contributed by atoms with E-state index in [9.17, 15) is 8.42 Å². The normalized spacial score (nSPS) is 13.5. The van der Waals surface area contributed by atoms with Crippen LogP contribution in [-0.2, 0) is 9.84 Å². The van der Waals surface area contributed by atoms with Gasteiger partial charge in [-0.05, 0) is 44.4 Å². The summed E-state index contributed by atoms with van der Waals surface area (Å²) in [4.78, 5) is 0. The quantitative estimate of drug-likeness (QED) is 0.837. The van der Waals surface area contributed by atoms with Crippen LogP contribution in [0, 0.1) is 13.8 Å². The van der Waals surface area contributed by atoms with Crippen molar-refractivity contribution < 1.29 is 8.42 Å². The molecule has 1 aromatic carbocycles. The highest BCUT2D eigenvalue weighted by atomic mass is 32.2. The Bertz CT molecular complexity index is 509. The van der Waals surface area contributed by atoms with E-state index in [0.717, 1.165) is 13.0 Å². The van der Waals surface area contributed by atoms with E-state index < -0.39 is 9.84 Å². The first-order valence-electron chi connectivity index (χ1n) is 6.81. The zero-order valence-corrected chi connectivity index (χ0v) is 13.2. The van der Waals surface area contributed by atoms with Gasteiger partial charge in [0.05, 0.1) is 0 Å². The van der Waals surface area contributed by atoms with Gasteiger partial charge in [-0.1, -0.05) is 30.7 Å². The Hall–Kier alpha value is -0.870. The second-order valence-corrected chi connectivity index (χ2v) is 7.50. The standard InChI is InChI=1S/C15H25NO2S/c1-5-16-15(7-6-10-19(4,17)18)14-9-8-12(2)11-13(14)3/h8-9,11,15-16H,5-7,10H2,1-4H3. The van der Waals surface area contributed by atoms with E-state index in [-0.39, 0.29) is 11.8 Å². The summed E-state index contributed by atoms with van der Waals surface area (Å²) < 4.78 is 22.4. The van der Waals surface area contributed by atoms with Crippen LogP contribution in [0.25, 0.3) is 0 Å². The largest absolute Gasteiger partial charge is 0.310 e. The van der Waals surface area contributed by atoms with E-state index in [0.29, 0.717) is 6.42 Å². The minimum Gasteiger partial charge on any atom is -0.310 e. The van der Waals surface area contributed by atoms with Crippen LogP contribution in [0.5, 0.6) is 0 Å². The monoisotopic (exact) mass is 283 g/mol. The van der Waals surface area contributed by atoms with Crippen molar-refractivity contribution in [1.29, 1.82) is 0 Å². The summed E-state index contributed by atoms with van der Waals surface area (Å²) in [5.41, 5.74) is 3.80. The van der Waals surface area contributed by atoms with E-state index in [2.05, 4.69) is 44.3 Å². The molecule has 3 nitrogen and oxygen atoms in total.